The number of carbonyl (C=O) groups excluding carboxylic acids is 3. The summed E-state index contributed by atoms with van der Waals surface area (Å²) in [7, 11) is 1.68. The molecule has 1 fully saturated rings. The number of hydrogen-bond donors (Lipinski definition) is 3. The first-order valence-electron chi connectivity index (χ1n) is 11.2. The van der Waals surface area contributed by atoms with Gasteiger partial charge in [0.05, 0.1) is 12.6 Å². The van der Waals surface area contributed by atoms with Crippen molar-refractivity contribution in [3.63, 3.8) is 0 Å². The number of likely N-dealkylation sites (N-methyl/N-ethyl adjacent to an activating group) is 2. The average molecular weight is 431 g/mol. The van der Waals surface area contributed by atoms with Gasteiger partial charge in [0, 0.05) is 33.1 Å². The Hall–Kier alpha value is -2.61. The van der Waals surface area contributed by atoms with Crippen LogP contribution in [0, 0.1) is 5.92 Å². The van der Waals surface area contributed by atoms with Crippen molar-refractivity contribution in [2.45, 2.75) is 51.2 Å². The van der Waals surface area contributed by atoms with Gasteiger partial charge in [-0.3, -0.25) is 14.4 Å². The number of rotatable bonds is 13. The van der Waals surface area contributed by atoms with Gasteiger partial charge in [0.15, 0.2) is 0 Å². The molecule has 1 aromatic carbocycles. The zero-order valence-electron chi connectivity index (χ0n) is 18.5. The maximum Gasteiger partial charge on any atom is 0.240 e. The molecular formula is C23H34N4O4. The van der Waals surface area contributed by atoms with Crippen LogP contribution in [0.5, 0.6) is 5.75 Å². The van der Waals surface area contributed by atoms with Crippen molar-refractivity contribution in [2.75, 3.05) is 33.2 Å². The largest absolute Gasteiger partial charge is 0.488 e. The normalized spacial score (nSPS) is 17.9. The van der Waals surface area contributed by atoms with Crippen LogP contribution in [0.25, 0.3) is 0 Å². The standard InChI is InChI=1S/C23H34N4O4/c1-3-25-20(29)14-27(2)23(30)21(16-9-10-16)26-13-19-12-18-7-4-6-17(22(18)31-19)8-5-11-24-15-28/h4,6-7,15-16,19,21,26H,3,5,8-14H2,1-2H3,(H,24,28)(H,25,29). The Kier molecular flexibility index (Phi) is 8.28. The second-order valence-electron chi connectivity index (χ2n) is 8.40. The molecule has 8 heteroatoms. The summed E-state index contributed by atoms with van der Waals surface area (Å²) in [6.07, 6.45) is 5.27. The number of aryl methyl sites for hydroxylation is 1. The smallest absolute Gasteiger partial charge is 0.240 e. The summed E-state index contributed by atoms with van der Waals surface area (Å²) < 4.78 is 6.24. The van der Waals surface area contributed by atoms with Gasteiger partial charge in [-0.1, -0.05) is 18.2 Å². The molecule has 0 radical (unpaired) electrons. The van der Waals surface area contributed by atoms with Crippen LogP contribution in [0.3, 0.4) is 0 Å². The molecule has 1 saturated carbocycles. The summed E-state index contributed by atoms with van der Waals surface area (Å²) in [6.45, 7) is 3.73. The molecule has 170 valence electrons. The van der Waals surface area contributed by atoms with Crippen LogP contribution in [-0.2, 0) is 27.2 Å². The molecular weight excluding hydrogens is 396 g/mol. The number of nitrogens with zero attached hydrogens (tertiary/aromatic N) is 1. The number of para-hydroxylation sites is 1. The Bertz CT molecular complexity index is 781. The van der Waals surface area contributed by atoms with E-state index in [1.54, 1.807) is 7.05 Å². The Labute approximate surface area is 184 Å². The van der Waals surface area contributed by atoms with Gasteiger partial charge in [0.25, 0.3) is 0 Å². The Morgan fingerprint density at radius 2 is 2.13 bits per heavy atom. The summed E-state index contributed by atoms with van der Waals surface area (Å²) >= 11 is 0. The van der Waals surface area contributed by atoms with Crippen molar-refractivity contribution in [3.8, 4) is 5.75 Å². The molecule has 1 heterocycles. The van der Waals surface area contributed by atoms with E-state index in [1.165, 1.54) is 10.5 Å². The summed E-state index contributed by atoms with van der Waals surface area (Å²) in [4.78, 5) is 36.7. The molecule has 3 N–H and O–H groups in total. The maximum atomic E-state index is 12.9. The second-order valence-corrected chi connectivity index (χ2v) is 8.40. The lowest BCUT2D eigenvalue weighted by atomic mass is 10.0. The Morgan fingerprint density at radius 3 is 2.84 bits per heavy atom. The van der Waals surface area contributed by atoms with Gasteiger partial charge in [-0.05, 0) is 49.7 Å². The second kappa shape index (κ2) is 11.1. The zero-order valence-corrected chi connectivity index (χ0v) is 18.5. The van der Waals surface area contributed by atoms with Crippen molar-refractivity contribution in [2.24, 2.45) is 5.92 Å². The van der Waals surface area contributed by atoms with Gasteiger partial charge < -0.3 is 25.6 Å². The van der Waals surface area contributed by atoms with E-state index >= 15 is 0 Å². The number of amides is 3. The lowest BCUT2D eigenvalue weighted by Crippen LogP contribution is -2.51. The predicted octanol–water partition coefficient (Wildman–Crippen LogP) is 0.631. The molecule has 3 amide bonds. The fourth-order valence-electron chi connectivity index (χ4n) is 4.08. The lowest BCUT2D eigenvalue weighted by Gasteiger charge is -2.25. The zero-order chi connectivity index (χ0) is 22.2. The molecule has 0 aromatic heterocycles. The van der Waals surface area contributed by atoms with Crippen molar-refractivity contribution < 1.29 is 19.1 Å². The van der Waals surface area contributed by atoms with Crippen LogP contribution in [0.1, 0.15) is 37.3 Å². The molecule has 2 unspecified atom stereocenters. The van der Waals surface area contributed by atoms with E-state index in [0.717, 1.165) is 49.8 Å². The molecule has 2 aliphatic rings. The number of benzene rings is 1. The fourth-order valence-corrected chi connectivity index (χ4v) is 4.08. The van der Waals surface area contributed by atoms with Gasteiger partial charge in [-0.2, -0.15) is 0 Å². The molecule has 1 aliphatic carbocycles. The molecule has 8 nitrogen and oxygen atoms in total. The van der Waals surface area contributed by atoms with Crippen molar-refractivity contribution >= 4 is 18.2 Å². The number of carbonyl (C=O) groups is 3. The van der Waals surface area contributed by atoms with E-state index in [1.807, 2.05) is 13.0 Å². The van der Waals surface area contributed by atoms with E-state index < -0.39 is 0 Å². The molecule has 2 atom stereocenters. The minimum Gasteiger partial charge on any atom is -0.488 e. The molecule has 3 rings (SSSR count). The van der Waals surface area contributed by atoms with Crippen LogP contribution in [0.4, 0.5) is 0 Å². The summed E-state index contributed by atoms with van der Waals surface area (Å²) in [5, 5.41) is 8.85. The lowest BCUT2D eigenvalue weighted by molar-refractivity contribution is -0.136. The molecule has 1 aromatic rings. The topological polar surface area (TPSA) is 99.8 Å². The first-order valence-corrected chi connectivity index (χ1v) is 11.2. The first-order chi connectivity index (χ1) is 15.0. The Morgan fingerprint density at radius 1 is 1.32 bits per heavy atom. The van der Waals surface area contributed by atoms with Crippen LogP contribution >= 0.6 is 0 Å². The molecule has 0 spiro atoms. The molecule has 0 saturated heterocycles. The summed E-state index contributed by atoms with van der Waals surface area (Å²) in [5.74, 6) is 1.10. The van der Waals surface area contributed by atoms with E-state index in [2.05, 4.69) is 28.1 Å². The highest BCUT2D eigenvalue weighted by atomic mass is 16.5. The summed E-state index contributed by atoms with van der Waals surface area (Å²) in [6, 6.07) is 5.93. The van der Waals surface area contributed by atoms with Crippen LogP contribution < -0.4 is 20.7 Å². The van der Waals surface area contributed by atoms with E-state index in [4.69, 9.17) is 4.74 Å². The highest BCUT2D eigenvalue weighted by Gasteiger charge is 2.38. The van der Waals surface area contributed by atoms with E-state index in [9.17, 15) is 14.4 Å². The van der Waals surface area contributed by atoms with Crippen molar-refractivity contribution in [1.29, 1.82) is 0 Å². The Balaban J connectivity index is 1.53. The van der Waals surface area contributed by atoms with Gasteiger partial charge in [-0.15, -0.1) is 0 Å². The predicted molar refractivity (Wildman–Crippen MR) is 118 cm³/mol. The minimum atomic E-state index is -0.277. The summed E-state index contributed by atoms with van der Waals surface area (Å²) in [5.41, 5.74) is 2.35. The highest BCUT2D eigenvalue weighted by Crippen LogP contribution is 2.35. The maximum absolute atomic E-state index is 12.9. The number of nitrogens with one attached hydrogen (secondary N) is 3. The number of hydrogen-bond acceptors (Lipinski definition) is 5. The van der Waals surface area contributed by atoms with E-state index in [0.29, 0.717) is 25.6 Å². The first kappa shape index (κ1) is 23.1. The number of fused-ring (bicyclic) bond motifs is 1. The fraction of sp³-hybridized carbons (Fsp3) is 0.609. The molecule has 1 aliphatic heterocycles. The number of ether oxygens (including phenoxy) is 1. The monoisotopic (exact) mass is 430 g/mol. The van der Waals surface area contributed by atoms with E-state index in [-0.39, 0.29) is 30.5 Å². The third kappa shape index (κ3) is 6.43. The van der Waals surface area contributed by atoms with Gasteiger partial charge in [-0.25, -0.2) is 0 Å². The van der Waals surface area contributed by atoms with Crippen molar-refractivity contribution in [1.82, 2.24) is 20.9 Å². The van der Waals surface area contributed by atoms with Crippen molar-refractivity contribution in [3.05, 3.63) is 29.3 Å². The van der Waals surface area contributed by atoms with Gasteiger partial charge in [0.2, 0.25) is 18.2 Å². The van der Waals surface area contributed by atoms with Crippen LogP contribution in [0.15, 0.2) is 18.2 Å². The molecule has 31 heavy (non-hydrogen) atoms. The highest BCUT2D eigenvalue weighted by molar-refractivity contribution is 5.87. The SMILES string of the molecule is CCNC(=O)CN(C)C(=O)C(NCC1Cc2cccc(CCCNC=O)c2O1)C1CC1. The van der Waals surface area contributed by atoms with Gasteiger partial charge >= 0.3 is 0 Å². The molecule has 0 bridgehead atoms. The van der Waals surface area contributed by atoms with Crippen LogP contribution in [0.2, 0.25) is 0 Å². The third-order valence-electron chi connectivity index (χ3n) is 5.82. The minimum absolute atomic E-state index is 0.0213. The van der Waals surface area contributed by atoms with Crippen LogP contribution in [-0.4, -0.2) is 68.5 Å². The van der Waals surface area contributed by atoms with Gasteiger partial charge in [0.1, 0.15) is 11.9 Å². The quantitative estimate of drug-likeness (QED) is 0.315. The average Bonchev–Trinajstić information content (AvgIpc) is 3.49. The third-order valence-corrected chi connectivity index (χ3v) is 5.82.